The summed E-state index contributed by atoms with van der Waals surface area (Å²) in [6.07, 6.45) is 0.928. The molecule has 11 nitrogen and oxygen atoms in total. The lowest BCUT2D eigenvalue weighted by Crippen LogP contribution is -2.55. The van der Waals surface area contributed by atoms with Gasteiger partial charge in [-0.3, -0.25) is 14.4 Å². The number of nitrogens with one attached hydrogen (secondary N) is 3. The minimum Gasteiger partial charge on any atom is -0.480 e. The third kappa shape index (κ3) is 5.37. The summed E-state index contributed by atoms with van der Waals surface area (Å²) in [6, 6.07) is -0.239. The second-order valence-corrected chi connectivity index (χ2v) is 8.62. The zero-order valence-electron chi connectivity index (χ0n) is 17.9. The Kier molecular flexibility index (Phi) is 7.69. The van der Waals surface area contributed by atoms with Crippen molar-refractivity contribution in [2.24, 2.45) is 0 Å². The van der Waals surface area contributed by atoms with Gasteiger partial charge in [-0.2, -0.15) is 0 Å². The summed E-state index contributed by atoms with van der Waals surface area (Å²) in [7, 11) is 1.57. The molecule has 13 heteroatoms. The van der Waals surface area contributed by atoms with Crippen molar-refractivity contribution >= 4 is 45.9 Å². The number of carboxylic acid groups (broad SMARTS) is 1. The van der Waals surface area contributed by atoms with Gasteiger partial charge in [-0.15, -0.1) is 0 Å². The lowest BCUT2D eigenvalue weighted by atomic mass is 10.0. The van der Waals surface area contributed by atoms with Crippen LogP contribution in [0.1, 0.15) is 45.0 Å². The van der Waals surface area contributed by atoms with Crippen LogP contribution in [0.4, 0.5) is 5.13 Å². The Labute approximate surface area is 193 Å². The largest absolute Gasteiger partial charge is 0.480 e. The number of piperidine rings is 1. The van der Waals surface area contributed by atoms with Crippen LogP contribution in [-0.2, 0) is 16.0 Å². The zero-order valence-corrected chi connectivity index (χ0v) is 19.5. The molecule has 1 saturated heterocycles. The van der Waals surface area contributed by atoms with Gasteiger partial charge >= 0.3 is 5.97 Å². The van der Waals surface area contributed by atoms with E-state index in [0.717, 1.165) is 0 Å². The Balaban J connectivity index is 1.65. The molecule has 1 fully saturated rings. The van der Waals surface area contributed by atoms with Gasteiger partial charge in [0.15, 0.2) is 16.1 Å². The van der Waals surface area contributed by atoms with E-state index in [1.165, 1.54) is 11.3 Å². The van der Waals surface area contributed by atoms with E-state index in [9.17, 15) is 14.4 Å². The molecular formula is C19H25ClN6O5S. The molecule has 174 valence electrons. The summed E-state index contributed by atoms with van der Waals surface area (Å²) >= 11 is 7.22. The number of H-pyrrole nitrogens is 1. The number of nitrogens with zero attached hydrogens (tertiary/aromatic N) is 3. The van der Waals surface area contributed by atoms with Gasteiger partial charge in [0.2, 0.25) is 0 Å². The van der Waals surface area contributed by atoms with E-state index in [4.69, 9.17) is 21.4 Å². The van der Waals surface area contributed by atoms with Crippen LogP contribution >= 0.6 is 22.9 Å². The molecule has 2 aromatic heterocycles. The molecule has 1 aliphatic rings. The van der Waals surface area contributed by atoms with Crippen LogP contribution in [0.5, 0.6) is 0 Å². The Morgan fingerprint density at radius 2 is 2.09 bits per heavy atom. The Morgan fingerprint density at radius 3 is 2.72 bits per heavy atom. The number of carbonyl (C=O) groups is 3. The fraction of sp³-hybridized carbons (Fsp3) is 0.526. The van der Waals surface area contributed by atoms with Crippen LogP contribution < -0.4 is 15.5 Å². The second-order valence-electron chi connectivity index (χ2n) is 7.28. The van der Waals surface area contributed by atoms with Crippen molar-refractivity contribution in [2.45, 2.75) is 38.8 Å². The highest BCUT2D eigenvalue weighted by Gasteiger charge is 2.33. The molecule has 32 heavy (non-hydrogen) atoms. The molecule has 3 rings (SSSR count). The van der Waals surface area contributed by atoms with Crippen molar-refractivity contribution in [1.29, 1.82) is 0 Å². The number of hydrogen-bond donors (Lipinski definition) is 4. The van der Waals surface area contributed by atoms with Crippen LogP contribution in [0, 0.1) is 6.92 Å². The number of methoxy groups -OCH3 is 1. The molecule has 0 radical (unpaired) electrons. The third-order valence-electron chi connectivity index (χ3n) is 5.14. The van der Waals surface area contributed by atoms with Crippen LogP contribution in [0.15, 0.2) is 0 Å². The number of carboxylic acids is 1. The topological polar surface area (TPSA) is 150 Å². The highest BCUT2D eigenvalue weighted by Crippen LogP contribution is 2.29. The molecule has 2 amide bonds. The van der Waals surface area contributed by atoms with E-state index in [-0.39, 0.29) is 29.0 Å². The average molecular weight is 485 g/mol. The van der Waals surface area contributed by atoms with Gasteiger partial charge in [-0.25, -0.2) is 9.97 Å². The zero-order chi connectivity index (χ0) is 23.4. The number of imidazole rings is 1. The van der Waals surface area contributed by atoms with Crippen LogP contribution in [0.3, 0.4) is 0 Å². The van der Waals surface area contributed by atoms with Crippen molar-refractivity contribution in [3.8, 4) is 0 Å². The molecule has 0 aliphatic carbocycles. The maximum absolute atomic E-state index is 12.6. The lowest BCUT2D eigenvalue weighted by molar-refractivity contribution is -0.135. The summed E-state index contributed by atoms with van der Waals surface area (Å²) in [4.78, 5) is 49.4. The average Bonchev–Trinajstić information content (AvgIpc) is 3.34. The highest BCUT2D eigenvalue weighted by atomic mass is 35.5. The molecule has 4 N–H and O–H groups in total. The number of amides is 2. The number of carbonyl (C=O) groups excluding carboxylic acids is 2. The van der Waals surface area contributed by atoms with E-state index in [0.29, 0.717) is 47.3 Å². The standard InChI is InChI=1S/C19H25ClN6O5S/c1-4-10-15(20)25-16(23-10)18(30)24-11-5-6-26(8-12(11)31-3)19-22-9(2)14(32-19)17(29)21-7-13(27)28/h11-12H,4-8H2,1-3H3,(H,21,29)(H,23,25)(H,24,30)(H,27,28)/t11-,12+/m0/s1. The van der Waals surface area contributed by atoms with Gasteiger partial charge in [0.1, 0.15) is 11.4 Å². The first-order valence-electron chi connectivity index (χ1n) is 10.0. The summed E-state index contributed by atoms with van der Waals surface area (Å²) in [5.41, 5.74) is 1.23. The third-order valence-corrected chi connectivity index (χ3v) is 6.67. The molecule has 0 aromatic carbocycles. The van der Waals surface area contributed by atoms with Gasteiger partial charge in [0.25, 0.3) is 11.8 Å². The smallest absolute Gasteiger partial charge is 0.322 e. The van der Waals surface area contributed by atoms with Gasteiger partial charge in [-0.05, 0) is 19.8 Å². The Hall–Kier alpha value is -2.70. The monoisotopic (exact) mass is 484 g/mol. The maximum Gasteiger partial charge on any atom is 0.322 e. The van der Waals surface area contributed by atoms with Gasteiger partial charge in [0.05, 0.1) is 23.5 Å². The summed E-state index contributed by atoms with van der Waals surface area (Å²) in [5, 5.41) is 15.0. The van der Waals surface area contributed by atoms with E-state index in [2.05, 4.69) is 25.6 Å². The van der Waals surface area contributed by atoms with E-state index >= 15 is 0 Å². The number of aromatic amines is 1. The van der Waals surface area contributed by atoms with Crippen LogP contribution in [0.25, 0.3) is 0 Å². The number of anilines is 1. The van der Waals surface area contributed by atoms with Crippen molar-refractivity contribution < 1.29 is 24.2 Å². The number of halogens is 1. The molecule has 0 bridgehead atoms. The summed E-state index contributed by atoms with van der Waals surface area (Å²) < 4.78 is 5.61. The first-order chi connectivity index (χ1) is 15.2. The van der Waals surface area contributed by atoms with Crippen molar-refractivity contribution in [1.82, 2.24) is 25.6 Å². The number of hydrogen-bond acceptors (Lipinski definition) is 8. The van der Waals surface area contributed by atoms with Crippen LogP contribution in [0.2, 0.25) is 5.15 Å². The Bertz CT molecular complexity index is 1010. The van der Waals surface area contributed by atoms with Crippen LogP contribution in [-0.4, -0.2) is 76.7 Å². The SMILES string of the molecule is CCc1[nH]c(C(=O)N[C@H]2CCN(c3nc(C)c(C(=O)NCC(=O)O)s3)C[C@H]2OC)nc1Cl. The quantitative estimate of drug-likeness (QED) is 0.437. The van der Waals surface area contributed by atoms with Crippen molar-refractivity contribution in [2.75, 3.05) is 31.6 Å². The number of aryl methyl sites for hydroxylation is 2. The first kappa shape index (κ1) is 24.0. The molecular weight excluding hydrogens is 460 g/mol. The normalized spacial score (nSPS) is 18.4. The van der Waals surface area contributed by atoms with Gasteiger partial charge in [0, 0.05) is 20.2 Å². The number of aliphatic carboxylic acids is 1. The van der Waals surface area contributed by atoms with Crippen molar-refractivity contribution in [3.63, 3.8) is 0 Å². The molecule has 0 unspecified atom stereocenters. The van der Waals surface area contributed by atoms with E-state index < -0.39 is 18.4 Å². The second kappa shape index (κ2) is 10.3. The minimum absolute atomic E-state index is 0.164. The maximum atomic E-state index is 12.6. The predicted molar refractivity (Wildman–Crippen MR) is 119 cm³/mol. The number of rotatable bonds is 8. The molecule has 0 spiro atoms. The minimum atomic E-state index is -1.12. The molecule has 3 heterocycles. The molecule has 1 aliphatic heterocycles. The number of thiazole rings is 1. The summed E-state index contributed by atoms with van der Waals surface area (Å²) in [6.45, 7) is 4.22. The predicted octanol–water partition coefficient (Wildman–Crippen LogP) is 1.23. The molecule has 2 atom stereocenters. The highest BCUT2D eigenvalue weighted by molar-refractivity contribution is 7.17. The van der Waals surface area contributed by atoms with Crippen molar-refractivity contribution in [3.05, 3.63) is 27.2 Å². The van der Waals surface area contributed by atoms with Gasteiger partial charge < -0.3 is 30.4 Å². The fourth-order valence-electron chi connectivity index (χ4n) is 3.43. The summed E-state index contributed by atoms with van der Waals surface area (Å²) in [5.74, 6) is -1.77. The number of aromatic nitrogens is 3. The Morgan fingerprint density at radius 1 is 1.34 bits per heavy atom. The van der Waals surface area contributed by atoms with E-state index in [1.807, 2.05) is 11.8 Å². The first-order valence-corrected chi connectivity index (χ1v) is 11.2. The molecule has 0 saturated carbocycles. The van der Waals surface area contributed by atoms with E-state index in [1.54, 1.807) is 14.0 Å². The molecule has 2 aromatic rings. The fourth-order valence-corrected chi connectivity index (χ4v) is 4.71. The lowest BCUT2D eigenvalue weighted by Gasteiger charge is -2.37. The van der Waals surface area contributed by atoms with Gasteiger partial charge in [-0.1, -0.05) is 29.9 Å². The number of ether oxygens (including phenoxy) is 1.